The Morgan fingerprint density at radius 1 is 1.54 bits per heavy atom. The smallest absolute Gasteiger partial charge is 0.307 e. The van der Waals surface area contributed by atoms with Crippen molar-refractivity contribution in [2.75, 3.05) is 6.61 Å². The number of carbonyl (C=O) groups is 1. The molecule has 1 atom stereocenters. The van der Waals surface area contributed by atoms with Gasteiger partial charge in [-0.05, 0) is 19.3 Å². The van der Waals surface area contributed by atoms with Gasteiger partial charge < -0.3 is 4.74 Å². The predicted octanol–water partition coefficient (Wildman–Crippen LogP) is 2.24. The van der Waals surface area contributed by atoms with E-state index < -0.39 is 0 Å². The van der Waals surface area contributed by atoms with Crippen molar-refractivity contribution in [3.63, 3.8) is 0 Å². The maximum absolute atomic E-state index is 11.1. The number of rotatable bonds is 5. The summed E-state index contributed by atoms with van der Waals surface area (Å²) in [5.41, 5.74) is 0. The van der Waals surface area contributed by atoms with E-state index in [2.05, 4.69) is 19.8 Å². The lowest BCUT2D eigenvalue weighted by molar-refractivity contribution is -0.143. The Morgan fingerprint density at radius 3 is 2.54 bits per heavy atom. The Kier molecular flexibility index (Phi) is 6.05. The maximum Gasteiger partial charge on any atom is 0.307 e. The summed E-state index contributed by atoms with van der Waals surface area (Å²) in [6.07, 6.45) is 6.54. The van der Waals surface area contributed by atoms with E-state index in [9.17, 15) is 4.79 Å². The highest BCUT2D eigenvalue weighted by Crippen LogP contribution is 2.14. The van der Waals surface area contributed by atoms with Crippen LogP contribution >= 0.6 is 0 Å². The molecule has 0 unspecified atom stereocenters. The molecule has 0 aliphatic heterocycles. The minimum absolute atomic E-state index is 0.0269. The molecule has 0 rings (SSSR count). The molecule has 2 heteroatoms. The molecule has 0 saturated heterocycles. The lowest BCUT2D eigenvalue weighted by Crippen LogP contribution is -2.12. The van der Waals surface area contributed by atoms with Crippen molar-refractivity contribution in [3.8, 4) is 12.3 Å². The highest BCUT2D eigenvalue weighted by molar-refractivity contribution is 5.70. The number of ether oxygens (including phenoxy) is 1. The van der Waals surface area contributed by atoms with E-state index >= 15 is 0 Å². The van der Waals surface area contributed by atoms with Crippen molar-refractivity contribution in [1.82, 2.24) is 0 Å². The third-order valence-corrected chi connectivity index (χ3v) is 1.71. The zero-order valence-electron chi connectivity index (χ0n) is 8.67. The molecule has 0 aliphatic carbocycles. The quantitative estimate of drug-likeness (QED) is 0.481. The fourth-order valence-corrected chi connectivity index (χ4v) is 1.20. The fourth-order valence-electron chi connectivity index (χ4n) is 1.20. The summed E-state index contributed by atoms with van der Waals surface area (Å²) in [5.74, 6) is 2.98. The Balaban J connectivity index is 3.85. The third kappa shape index (κ3) is 6.21. The number of carbonyl (C=O) groups excluding carboxylic acids is 1. The van der Waals surface area contributed by atoms with Crippen LogP contribution in [-0.2, 0) is 9.53 Å². The molecule has 0 aromatic carbocycles. The number of esters is 1. The minimum Gasteiger partial charge on any atom is -0.466 e. The van der Waals surface area contributed by atoms with Gasteiger partial charge in [-0.2, -0.15) is 0 Å². The molecule has 0 fully saturated rings. The van der Waals surface area contributed by atoms with Gasteiger partial charge in [-0.25, -0.2) is 0 Å². The summed E-state index contributed by atoms with van der Waals surface area (Å²) < 4.78 is 4.82. The monoisotopic (exact) mass is 182 g/mol. The summed E-state index contributed by atoms with van der Waals surface area (Å²) in [6.45, 7) is 6.41. The lowest BCUT2D eigenvalue weighted by Gasteiger charge is -2.11. The SMILES string of the molecule is C#C[C@@H](CC(=O)OCC)CC(C)C. The highest BCUT2D eigenvalue weighted by atomic mass is 16.5. The second kappa shape index (κ2) is 6.54. The summed E-state index contributed by atoms with van der Waals surface area (Å²) >= 11 is 0. The van der Waals surface area contributed by atoms with E-state index in [0.29, 0.717) is 18.9 Å². The topological polar surface area (TPSA) is 26.3 Å². The van der Waals surface area contributed by atoms with Gasteiger partial charge in [0.1, 0.15) is 0 Å². The fraction of sp³-hybridized carbons (Fsp3) is 0.727. The van der Waals surface area contributed by atoms with Gasteiger partial charge in [0.2, 0.25) is 0 Å². The number of hydrogen-bond acceptors (Lipinski definition) is 2. The molecule has 0 radical (unpaired) electrons. The van der Waals surface area contributed by atoms with Crippen molar-refractivity contribution in [2.45, 2.75) is 33.6 Å². The van der Waals surface area contributed by atoms with Crippen LogP contribution in [0, 0.1) is 24.2 Å². The first-order valence-electron chi connectivity index (χ1n) is 4.71. The van der Waals surface area contributed by atoms with Crippen LogP contribution in [-0.4, -0.2) is 12.6 Å². The van der Waals surface area contributed by atoms with Crippen molar-refractivity contribution in [3.05, 3.63) is 0 Å². The first-order valence-corrected chi connectivity index (χ1v) is 4.71. The van der Waals surface area contributed by atoms with Gasteiger partial charge in [0.15, 0.2) is 0 Å². The van der Waals surface area contributed by atoms with E-state index in [4.69, 9.17) is 11.2 Å². The zero-order valence-corrected chi connectivity index (χ0v) is 8.67. The molecular weight excluding hydrogens is 164 g/mol. The van der Waals surface area contributed by atoms with Crippen LogP contribution in [0.15, 0.2) is 0 Å². The molecule has 0 N–H and O–H groups in total. The Morgan fingerprint density at radius 2 is 2.15 bits per heavy atom. The van der Waals surface area contributed by atoms with Gasteiger partial charge >= 0.3 is 5.97 Å². The van der Waals surface area contributed by atoms with Crippen LogP contribution in [0.1, 0.15) is 33.6 Å². The van der Waals surface area contributed by atoms with Crippen LogP contribution < -0.4 is 0 Å². The Labute approximate surface area is 80.7 Å². The normalized spacial score (nSPS) is 12.2. The predicted molar refractivity (Wildman–Crippen MR) is 53.0 cm³/mol. The van der Waals surface area contributed by atoms with E-state index in [1.807, 2.05) is 0 Å². The standard InChI is InChI=1S/C11H18O2/c1-5-10(7-9(3)4)8-11(12)13-6-2/h1,9-10H,6-8H2,2-4H3/t10-/m1/s1. The molecule has 0 saturated carbocycles. The molecular formula is C11H18O2. The summed E-state index contributed by atoms with van der Waals surface area (Å²) in [7, 11) is 0. The van der Waals surface area contributed by atoms with Crippen LogP contribution in [0.3, 0.4) is 0 Å². The third-order valence-electron chi connectivity index (χ3n) is 1.71. The first-order chi connectivity index (χ1) is 6.10. The molecule has 2 nitrogen and oxygen atoms in total. The largest absolute Gasteiger partial charge is 0.466 e. The van der Waals surface area contributed by atoms with E-state index in [1.54, 1.807) is 6.92 Å². The van der Waals surface area contributed by atoms with Crippen LogP contribution in [0.4, 0.5) is 0 Å². The first kappa shape index (κ1) is 12.0. The van der Waals surface area contributed by atoms with Crippen molar-refractivity contribution in [1.29, 1.82) is 0 Å². The van der Waals surface area contributed by atoms with E-state index in [-0.39, 0.29) is 11.9 Å². The summed E-state index contributed by atoms with van der Waals surface area (Å²) in [5, 5.41) is 0. The lowest BCUT2D eigenvalue weighted by atomic mass is 9.95. The van der Waals surface area contributed by atoms with Gasteiger partial charge in [-0.1, -0.05) is 13.8 Å². The minimum atomic E-state index is -0.189. The summed E-state index contributed by atoms with van der Waals surface area (Å²) in [4.78, 5) is 11.1. The average molecular weight is 182 g/mol. The molecule has 74 valence electrons. The Bertz CT molecular complexity index is 189. The van der Waals surface area contributed by atoms with Crippen LogP contribution in [0.25, 0.3) is 0 Å². The molecule has 0 aromatic heterocycles. The maximum atomic E-state index is 11.1. The Hall–Kier alpha value is -0.970. The molecule has 0 bridgehead atoms. The second-order valence-electron chi connectivity index (χ2n) is 3.50. The van der Waals surface area contributed by atoms with Gasteiger partial charge in [0, 0.05) is 5.92 Å². The molecule has 0 aliphatic rings. The van der Waals surface area contributed by atoms with Crippen molar-refractivity contribution in [2.24, 2.45) is 11.8 Å². The second-order valence-corrected chi connectivity index (χ2v) is 3.50. The van der Waals surface area contributed by atoms with Crippen molar-refractivity contribution >= 4 is 5.97 Å². The highest BCUT2D eigenvalue weighted by Gasteiger charge is 2.13. The van der Waals surface area contributed by atoms with Crippen LogP contribution in [0.5, 0.6) is 0 Å². The van der Waals surface area contributed by atoms with Crippen molar-refractivity contribution < 1.29 is 9.53 Å². The van der Waals surface area contributed by atoms with E-state index in [0.717, 1.165) is 6.42 Å². The van der Waals surface area contributed by atoms with Crippen LogP contribution in [0.2, 0.25) is 0 Å². The number of terminal acetylenes is 1. The zero-order chi connectivity index (χ0) is 10.3. The number of hydrogen-bond donors (Lipinski definition) is 0. The van der Waals surface area contributed by atoms with Gasteiger partial charge in [-0.3, -0.25) is 4.79 Å². The molecule has 0 spiro atoms. The van der Waals surface area contributed by atoms with Gasteiger partial charge in [0.25, 0.3) is 0 Å². The molecule has 0 aromatic rings. The summed E-state index contributed by atoms with van der Waals surface area (Å²) in [6, 6.07) is 0. The van der Waals surface area contributed by atoms with Gasteiger partial charge in [-0.15, -0.1) is 12.3 Å². The van der Waals surface area contributed by atoms with E-state index in [1.165, 1.54) is 0 Å². The molecule has 13 heavy (non-hydrogen) atoms. The average Bonchev–Trinajstić information content (AvgIpc) is 2.02. The molecule has 0 heterocycles. The molecule has 0 amide bonds. The van der Waals surface area contributed by atoms with Gasteiger partial charge in [0.05, 0.1) is 13.0 Å².